The molecule has 0 aliphatic heterocycles. The molecule has 116 valence electrons. The Bertz CT molecular complexity index is 509. The van der Waals surface area contributed by atoms with E-state index in [2.05, 4.69) is 26.6 Å². The van der Waals surface area contributed by atoms with Crippen LogP contribution in [0.1, 0.15) is 6.42 Å². The lowest BCUT2D eigenvalue weighted by Crippen LogP contribution is -2.37. The summed E-state index contributed by atoms with van der Waals surface area (Å²) in [6.45, 7) is 0.0995. The summed E-state index contributed by atoms with van der Waals surface area (Å²) in [6.07, 6.45) is -0.754. The van der Waals surface area contributed by atoms with Crippen LogP contribution in [0, 0.1) is 0 Å². The number of benzene rings is 1. The van der Waals surface area contributed by atoms with Gasteiger partial charge in [-0.05, 0) is 28.1 Å². The van der Waals surface area contributed by atoms with E-state index in [9.17, 15) is 9.59 Å². The van der Waals surface area contributed by atoms with Gasteiger partial charge in [-0.1, -0.05) is 0 Å². The van der Waals surface area contributed by atoms with Gasteiger partial charge in [0.25, 0.3) is 0 Å². The molecule has 0 saturated carbocycles. The van der Waals surface area contributed by atoms with Gasteiger partial charge in [0.15, 0.2) is 0 Å². The standard InChI is InChI=1S/C13H17BrN2O5/c1-20-9(6-12(17)18)7-15-13(19)16-8-3-4-10(14)11(5-8)21-2/h3-5,9H,6-7H2,1-2H3,(H,17,18)(H2,15,16,19). The lowest BCUT2D eigenvalue weighted by Gasteiger charge is -2.14. The van der Waals surface area contributed by atoms with Crippen molar-refractivity contribution in [3.05, 3.63) is 22.7 Å². The molecule has 8 heteroatoms. The van der Waals surface area contributed by atoms with E-state index in [1.807, 2.05) is 0 Å². The zero-order valence-electron chi connectivity index (χ0n) is 11.7. The molecular weight excluding hydrogens is 344 g/mol. The molecule has 0 fully saturated rings. The van der Waals surface area contributed by atoms with Crippen LogP contribution in [0.3, 0.4) is 0 Å². The molecule has 1 unspecified atom stereocenters. The lowest BCUT2D eigenvalue weighted by molar-refractivity contribution is -0.139. The van der Waals surface area contributed by atoms with Crippen molar-refractivity contribution in [2.24, 2.45) is 0 Å². The minimum absolute atomic E-state index is 0.0995. The molecular formula is C13H17BrN2O5. The number of anilines is 1. The first-order chi connectivity index (χ1) is 9.96. The largest absolute Gasteiger partial charge is 0.495 e. The van der Waals surface area contributed by atoms with Gasteiger partial charge in [-0.2, -0.15) is 0 Å². The number of hydrogen-bond acceptors (Lipinski definition) is 4. The smallest absolute Gasteiger partial charge is 0.319 e. The van der Waals surface area contributed by atoms with E-state index < -0.39 is 18.1 Å². The third kappa shape index (κ3) is 6.01. The molecule has 2 amide bonds. The minimum atomic E-state index is -0.985. The molecule has 1 aromatic carbocycles. The Balaban J connectivity index is 2.51. The maximum absolute atomic E-state index is 11.7. The van der Waals surface area contributed by atoms with Gasteiger partial charge in [0.05, 0.1) is 24.1 Å². The molecule has 21 heavy (non-hydrogen) atoms. The van der Waals surface area contributed by atoms with E-state index >= 15 is 0 Å². The number of hydrogen-bond donors (Lipinski definition) is 3. The van der Waals surface area contributed by atoms with Gasteiger partial charge in [-0.15, -0.1) is 0 Å². The highest BCUT2D eigenvalue weighted by Gasteiger charge is 2.13. The maximum atomic E-state index is 11.7. The number of nitrogens with one attached hydrogen (secondary N) is 2. The first-order valence-corrected chi connectivity index (χ1v) is 6.88. The van der Waals surface area contributed by atoms with Crippen LogP contribution in [0.2, 0.25) is 0 Å². The number of rotatable bonds is 7. The van der Waals surface area contributed by atoms with Crippen LogP contribution in [-0.4, -0.2) is 44.0 Å². The Morgan fingerprint density at radius 2 is 2.10 bits per heavy atom. The molecule has 7 nitrogen and oxygen atoms in total. The first-order valence-electron chi connectivity index (χ1n) is 6.09. The van der Waals surface area contributed by atoms with Crippen LogP contribution < -0.4 is 15.4 Å². The van der Waals surface area contributed by atoms with Crippen molar-refractivity contribution < 1.29 is 24.2 Å². The number of amides is 2. The van der Waals surface area contributed by atoms with E-state index in [1.165, 1.54) is 14.2 Å². The number of carbonyl (C=O) groups excluding carboxylic acids is 1. The summed E-state index contributed by atoms with van der Waals surface area (Å²) in [5.41, 5.74) is 0.555. The molecule has 0 spiro atoms. The van der Waals surface area contributed by atoms with Gasteiger partial charge in [-0.3, -0.25) is 4.79 Å². The van der Waals surface area contributed by atoms with Crippen molar-refractivity contribution in [1.29, 1.82) is 0 Å². The van der Waals surface area contributed by atoms with E-state index in [1.54, 1.807) is 18.2 Å². The topological polar surface area (TPSA) is 96.9 Å². The summed E-state index contributed by atoms with van der Waals surface area (Å²) in [5.74, 6) is -0.393. The quantitative estimate of drug-likeness (QED) is 0.691. The fraction of sp³-hybridized carbons (Fsp3) is 0.385. The third-order valence-corrected chi connectivity index (χ3v) is 3.29. The molecule has 0 aliphatic carbocycles. The molecule has 0 aliphatic rings. The predicted octanol–water partition coefficient (Wildman–Crippen LogP) is 2.07. The van der Waals surface area contributed by atoms with Gasteiger partial charge < -0.3 is 25.2 Å². The molecule has 0 heterocycles. The van der Waals surface area contributed by atoms with Crippen molar-refractivity contribution in [1.82, 2.24) is 5.32 Å². The third-order valence-electron chi connectivity index (χ3n) is 2.63. The van der Waals surface area contributed by atoms with Crippen LogP contribution in [0.25, 0.3) is 0 Å². The minimum Gasteiger partial charge on any atom is -0.495 e. The highest BCUT2D eigenvalue weighted by Crippen LogP contribution is 2.27. The van der Waals surface area contributed by atoms with Crippen LogP contribution in [0.4, 0.5) is 10.5 Å². The van der Waals surface area contributed by atoms with Gasteiger partial charge in [0, 0.05) is 25.4 Å². The Hall–Kier alpha value is -1.80. The highest BCUT2D eigenvalue weighted by molar-refractivity contribution is 9.10. The summed E-state index contributed by atoms with van der Waals surface area (Å²) in [6, 6.07) is 4.66. The SMILES string of the molecule is COc1cc(NC(=O)NCC(CC(=O)O)OC)ccc1Br. The summed E-state index contributed by atoms with van der Waals surface area (Å²) in [5, 5.41) is 13.8. The van der Waals surface area contributed by atoms with E-state index in [-0.39, 0.29) is 13.0 Å². The zero-order valence-corrected chi connectivity index (χ0v) is 13.3. The highest BCUT2D eigenvalue weighted by atomic mass is 79.9. The molecule has 0 aromatic heterocycles. The second-order valence-corrected chi connectivity index (χ2v) is 4.99. The average Bonchev–Trinajstić information content (AvgIpc) is 2.45. The Kier molecular flexibility index (Phi) is 6.97. The van der Waals surface area contributed by atoms with Crippen LogP contribution in [0.5, 0.6) is 5.75 Å². The Labute approximate surface area is 130 Å². The number of halogens is 1. The van der Waals surface area contributed by atoms with Gasteiger partial charge in [0.2, 0.25) is 0 Å². The van der Waals surface area contributed by atoms with Crippen molar-refractivity contribution in [2.75, 3.05) is 26.1 Å². The molecule has 3 N–H and O–H groups in total. The predicted molar refractivity (Wildman–Crippen MR) is 80.8 cm³/mol. The van der Waals surface area contributed by atoms with Gasteiger partial charge in [-0.25, -0.2) is 4.79 Å². The molecule has 0 radical (unpaired) electrons. The van der Waals surface area contributed by atoms with Crippen LogP contribution in [-0.2, 0) is 9.53 Å². The van der Waals surface area contributed by atoms with Crippen molar-refractivity contribution in [3.63, 3.8) is 0 Å². The Morgan fingerprint density at radius 1 is 1.38 bits per heavy atom. The fourth-order valence-electron chi connectivity index (χ4n) is 1.55. The number of carboxylic acids is 1. The van der Waals surface area contributed by atoms with Gasteiger partial charge in [0.1, 0.15) is 5.75 Å². The molecule has 0 bridgehead atoms. The van der Waals surface area contributed by atoms with E-state index in [4.69, 9.17) is 14.6 Å². The second kappa shape index (κ2) is 8.48. The monoisotopic (exact) mass is 360 g/mol. The van der Waals surface area contributed by atoms with Crippen molar-refractivity contribution in [2.45, 2.75) is 12.5 Å². The summed E-state index contributed by atoms with van der Waals surface area (Å²) < 4.78 is 10.9. The second-order valence-electron chi connectivity index (χ2n) is 4.14. The number of carbonyl (C=O) groups is 2. The van der Waals surface area contributed by atoms with Crippen molar-refractivity contribution >= 4 is 33.6 Å². The van der Waals surface area contributed by atoms with Crippen LogP contribution in [0.15, 0.2) is 22.7 Å². The number of urea groups is 1. The van der Waals surface area contributed by atoms with E-state index in [0.29, 0.717) is 11.4 Å². The summed E-state index contributed by atoms with van der Waals surface area (Å²) in [7, 11) is 2.92. The number of aliphatic carboxylic acids is 1. The fourth-order valence-corrected chi connectivity index (χ4v) is 1.96. The normalized spacial score (nSPS) is 11.6. The average molecular weight is 361 g/mol. The summed E-state index contributed by atoms with van der Waals surface area (Å²) in [4.78, 5) is 22.3. The maximum Gasteiger partial charge on any atom is 0.319 e. The van der Waals surface area contributed by atoms with Crippen LogP contribution >= 0.6 is 15.9 Å². The first kappa shape index (κ1) is 17.3. The lowest BCUT2D eigenvalue weighted by atomic mass is 10.2. The molecule has 1 atom stereocenters. The summed E-state index contributed by atoms with van der Waals surface area (Å²) >= 11 is 3.31. The number of methoxy groups -OCH3 is 2. The molecule has 0 saturated heterocycles. The number of ether oxygens (including phenoxy) is 2. The van der Waals surface area contributed by atoms with E-state index in [0.717, 1.165) is 4.47 Å². The zero-order chi connectivity index (χ0) is 15.8. The Morgan fingerprint density at radius 3 is 2.67 bits per heavy atom. The molecule has 1 rings (SSSR count). The number of carboxylic acid groups (broad SMARTS) is 1. The van der Waals surface area contributed by atoms with Gasteiger partial charge >= 0.3 is 12.0 Å². The molecule has 1 aromatic rings. The van der Waals surface area contributed by atoms with Crippen molar-refractivity contribution in [3.8, 4) is 5.75 Å².